The molecule has 3 aromatic rings. The molecule has 5 nitrogen and oxygen atoms in total. The molecule has 3 N–H and O–H groups in total. The van der Waals surface area contributed by atoms with E-state index in [4.69, 9.17) is 0 Å². The van der Waals surface area contributed by atoms with Gasteiger partial charge in [-0.3, -0.25) is 14.9 Å². The molecule has 0 bridgehead atoms. The van der Waals surface area contributed by atoms with Crippen molar-refractivity contribution in [3.05, 3.63) is 106 Å². The van der Waals surface area contributed by atoms with Gasteiger partial charge in [-0.25, -0.2) is 0 Å². The minimum Gasteiger partial charge on any atom is -0.352 e. The van der Waals surface area contributed by atoms with Crippen LogP contribution < -0.4 is 16.0 Å². The molecule has 3 aromatic carbocycles. The van der Waals surface area contributed by atoms with Crippen molar-refractivity contribution in [2.24, 2.45) is 5.41 Å². The maximum atomic E-state index is 12.9. The fourth-order valence-corrected chi connectivity index (χ4v) is 6.69. The van der Waals surface area contributed by atoms with Crippen molar-refractivity contribution in [1.29, 1.82) is 0 Å². The molecule has 0 radical (unpaired) electrons. The Morgan fingerprint density at radius 3 is 1.51 bits per heavy atom. The summed E-state index contributed by atoms with van der Waals surface area (Å²) in [7, 11) is 0. The first kappa shape index (κ1) is 43.4. The van der Waals surface area contributed by atoms with Gasteiger partial charge in [0.25, 0.3) is 0 Å². The van der Waals surface area contributed by atoms with Crippen LogP contribution in [-0.4, -0.2) is 17.9 Å². The summed E-state index contributed by atoms with van der Waals surface area (Å²) < 4.78 is 155. The molecule has 2 amide bonds. The van der Waals surface area contributed by atoms with Crippen LogP contribution in [0.15, 0.2) is 66.7 Å². The van der Waals surface area contributed by atoms with Gasteiger partial charge in [0.1, 0.15) is 0 Å². The van der Waals surface area contributed by atoms with Crippen molar-refractivity contribution in [2.45, 2.75) is 108 Å². The van der Waals surface area contributed by atoms with E-state index >= 15 is 0 Å². The SMILES string of the molecule is CC1(CC(=O)NCc2cc(C(F)(F)F)cc(C(F)(F)F)c2)CCCCC1.O=C(NCc1cc(C(F)(F)F)cc(C(F)(F)F)c1)[C@H]1CC[C@@H](c2ccccc2)N1. The van der Waals surface area contributed by atoms with Crippen LogP contribution >= 0.6 is 0 Å². The van der Waals surface area contributed by atoms with E-state index in [9.17, 15) is 62.3 Å². The van der Waals surface area contributed by atoms with E-state index in [-0.39, 0.29) is 53.6 Å². The highest BCUT2D eigenvalue weighted by atomic mass is 19.4. The molecule has 2 atom stereocenters. The van der Waals surface area contributed by atoms with E-state index < -0.39 is 65.5 Å². The Balaban J connectivity index is 0.000000246. The summed E-state index contributed by atoms with van der Waals surface area (Å²) in [5.41, 5.74) is -5.21. The number of carbonyl (C=O) groups is 2. The minimum absolute atomic E-state index is 0.0302. The van der Waals surface area contributed by atoms with Gasteiger partial charge in [-0.15, -0.1) is 0 Å². The van der Waals surface area contributed by atoms with Gasteiger partial charge in [-0.2, -0.15) is 52.7 Å². The maximum absolute atomic E-state index is 12.9. The second kappa shape index (κ2) is 17.2. The standard InChI is InChI=1S/C20H18F6N2O.C18H21F6NO/c21-19(22,23)14-8-12(9-15(10-14)20(24,25)26)11-27-18(29)17-7-6-16(28-17)13-4-2-1-3-5-13;1-16(5-3-2-4-6-16)10-15(26)25-11-12-7-13(17(19,20)21)9-14(8-12)18(22,23)24/h1-5,8-10,16-17,28H,6-7,11H2,(H,27,29);7-9H,2-6,10-11H2,1H3,(H,25,26)/t16-,17+;/m0./s1. The summed E-state index contributed by atoms with van der Waals surface area (Å²) in [5, 5.41) is 8.03. The lowest BCUT2D eigenvalue weighted by atomic mass is 9.73. The highest BCUT2D eigenvalue weighted by Gasteiger charge is 2.39. The van der Waals surface area contributed by atoms with Gasteiger partial charge in [0.05, 0.1) is 28.3 Å². The van der Waals surface area contributed by atoms with E-state index in [2.05, 4.69) is 16.0 Å². The topological polar surface area (TPSA) is 70.2 Å². The highest BCUT2D eigenvalue weighted by Crippen LogP contribution is 2.40. The molecule has 302 valence electrons. The molecule has 1 aliphatic carbocycles. The summed E-state index contributed by atoms with van der Waals surface area (Å²) >= 11 is 0. The molecule has 2 aliphatic rings. The highest BCUT2D eigenvalue weighted by molar-refractivity contribution is 5.82. The van der Waals surface area contributed by atoms with Gasteiger partial charge in [0.15, 0.2) is 0 Å². The number of benzene rings is 3. The summed E-state index contributed by atoms with van der Waals surface area (Å²) in [6.45, 7) is 1.18. The average molecular weight is 798 g/mol. The molecule has 1 saturated heterocycles. The summed E-state index contributed by atoms with van der Waals surface area (Å²) in [5.74, 6) is -0.824. The number of alkyl halides is 12. The zero-order valence-electron chi connectivity index (χ0n) is 29.4. The van der Waals surface area contributed by atoms with Gasteiger partial charge in [-0.05, 0) is 84.2 Å². The monoisotopic (exact) mass is 797 g/mol. The normalized spacial score (nSPS) is 18.9. The van der Waals surface area contributed by atoms with Crippen LogP contribution in [0.4, 0.5) is 52.7 Å². The van der Waals surface area contributed by atoms with Gasteiger partial charge in [0.2, 0.25) is 11.8 Å². The first-order valence-electron chi connectivity index (χ1n) is 17.4. The number of nitrogens with one attached hydrogen (secondary N) is 3. The first-order valence-corrected chi connectivity index (χ1v) is 17.4. The fourth-order valence-electron chi connectivity index (χ4n) is 6.69. The maximum Gasteiger partial charge on any atom is 0.416 e. The lowest BCUT2D eigenvalue weighted by molar-refractivity contribution is -0.144. The van der Waals surface area contributed by atoms with Crippen molar-refractivity contribution in [2.75, 3.05) is 0 Å². The van der Waals surface area contributed by atoms with E-state index in [1.165, 1.54) is 0 Å². The Kier molecular flexibility index (Phi) is 13.6. The zero-order valence-corrected chi connectivity index (χ0v) is 29.4. The third-order valence-corrected chi connectivity index (χ3v) is 9.56. The van der Waals surface area contributed by atoms with Gasteiger partial charge < -0.3 is 10.6 Å². The molecule has 2 fully saturated rings. The predicted octanol–water partition coefficient (Wildman–Crippen LogP) is 10.5. The molecule has 1 aliphatic heterocycles. The van der Waals surface area contributed by atoms with E-state index in [1.807, 2.05) is 37.3 Å². The van der Waals surface area contributed by atoms with Crippen molar-refractivity contribution in [3.8, 4) is 0 Å². The predicted molar refractivity (Wildman–Crippen MR) is 178 cm³/mol. The second-order valence-corrected chi connectivity index (χ2v) is 14.1. The van der Waals surface area contributed by atoms with Gasteiger partial charge in [-0.1, -0.05) is 56.5 Å². The molecule has 55 heavy (non-hydrogen) atoms. The van der Waals surface area contributed by atoms with Crippen LogP contribution in [-0.2, 0) is 47.4 Å². The largest absolute Gasteiger partial charge is 0.416 e. The first-order chi connectivity index (χ1) is 25.4. The summed E-state index contributed by atoms with van der Waals surface area (Å²) in [6.07, 6.45) is -13.3. The van der Waals surface area contributed by atoms with Crippen LogP contribution in [0, 0.1) is 5.41 Å². The van der Waals surface area contributed by atoms with Gasteiger partial charge >= 0.3 is 24.7 Å². The zero-order chi connectivity index (χ0) is 40.8. The number of hydrogen-bond acceptors (Lipinski definition) is 3. The number of rotatable bonds is 8. The molecular formula is C38H39F12N3O2. The van der Waals surface area contributed by atoms with Gasteiger partial charge in [0, 0.05) is 25.6 Å². The van der Waals surface area contributed by atoms with Crippen LogP contribution in [0.2, 0.25) is 0 Å². The number of carbonyl (C=O) groups excluding carboxylic acids is 2. The molecule has 5 rings (SSSR count). The van der Waals surface area contributed by atoms with Crippen molar-refractivity contribution < 1.29 is 62.3 Å². The van der Waals surface area contributed by atoms with Crippen LogP contribution in [0.1, 0.15) is 103 Å². The lowest BCUT2D eigenvalue weighted by Gasteiger charge is -2.32. The molecular weight excluding hydrogens is 758 g/mol. The van der Waals surface area contributed by atoms with E-state index in [0.717, 1.165) is 37.7 Å². The molecule has 17 heteroatoms. The third-order valence-electron chi connectivity index (χ3n) is 9.56. The Morgan fingerprint density at radius 2 is 1.07 bits per heavy atom. The summed E-state index contributed by atoms with van der Waals surface area (Å²) in [4.78, 5) is 24.4. The van der Waals surface area contributed by atoms with E-state index in [1.54, 1.807) is 0 Å². The Labute approximate surface area is 309 Å². The number of hydrogen-bond donors (Lipinski definition) is 3. The Hall–Kier alpha value is -4.28. The number of halogens is 12. The molecule has 1 saturated carbocycles. The molecule has 1 heterocycles. The van der Waals surface area contributed by atoms with E-state index in [0.29, 0.717) is 37.1 Å². The smallest absolute Gasteiger partial charge is 0.352 e. The molecule has 0 spiro atoms. The number of amides is 2. The van der Waals surface area contributed by atoms with Crippen LogP contribution in [0.3, 0.4) is 0 Å². The molecule has 0 aromatic heterocycles. The van der Waals surface area contributed by atoms with Crippen LogP contribution in [0.5, 0.6) is 0 Å². The van der Waals surface area contributed by atoms with Crippen molar-refractivity contribution >= 4 is 11.8 Å². The Bertz CT molecular complexity index is 1700. The Morgan fingerprint density at radius 1 is 0.636 bits per heavy atom. The van der Waals surface area contributed by atoms with Crippen molar-refractivity contribution in [3.63, 3.8) is 0 Å². The summed E-state index contributed by atoms with van der Waals surface area (Å²) in [6, 6.07) is 11.5. The molecule has 0 unspecified atom stereocenters. The average Bonchev–Trinajstić information content (AvgIpc) is 3.60. The second-order valence-electron chi connectivity index (χ2n) is 14.1. The third kappa shape index (κ3) is 12.9. The minimum atomic E-state index is -4.92. The lowest BCUT2D eigenvalue weighted by Crippen LogP contribution is -2.40. The quantitative estimate of drug-likeness (QED) is 0.199. The fraction of sp³-hybridized carbons (Fsp3) is 0.474. The van der Waals surface area contributed by atoms with Crippen molar-refractivity contribution in [1.82, 2.24) is 16.0 Å². The van der Waals surface area contributed by atoms with Crippen LogP contribution in [0.25, 0.3) is 0 Å².